The Balaban J connectivity index is 1.88. The Labute approximate surface area is 129 Å². The zero-order valence-corrected chi connectivity index (χ0v) is 12.8. The van der Waals surface area contributed by atoms with Crippen LogP contribution in [-0.2, 0) is 23.9 Å². The Morgan fingerprint density at radius 2 is 1.50 bits per heavy atom. The highest BCUT2D eigenvalue weighted by atomic mass is 16.7. The number of primary amides is 1. The fraction of sp³-hybridized carbons (Fsp3) is 0.857. The first-order chi connectivity index (χ1) is 10.5. The van der Waals surface area contributed by atoms with Gasteiger partial charge in [0.25, 0.3) is 0 Å². The summed E-state index contributed by atoms with van der Waals surface area (Å²) in [4.78, 5) is 29.2. The van der Waals surface area contributed by atoms with E-state index in [9.17, 15) is 9.59 Å². The summed E-state index contributed by atoms with van der Waals surface area (Å²) in [6, 6.07) is 0. The van der Waals surface area contributed by atoms with Crippen molar-refractivity contribution in [2.45, 2.75) is 25.7 Å². The number of hydrogen-bond donors (Lipinski definition) is 3. The lowest BCUT2D eigenvalue weighted by atomic mass is 9.79. The van der Waals surface area contributed by atoms with Crippen LogP contribution < -0.4 is 16.9 Å². The van der Waals surface area contributed by atoms with Crippen molar-refractivity contribution in [1.29, 1.82) is 0 Å². The van der Waals surface area contributed by atoms with E-state index >= 15 is 0 Å². The summed E-state index contributed by atoms with van der Waals surface area (Å²) >= 11 is 0. The largest absolute Gasteiger partial charge is 0.381 e. The minimum absolute atomic E-state index is 0.189. The topological polar surface area (TPSA) is 126 Å². The van der Waals surface area contributed by atoms with Crippen LogP contribution >= 0.6 is 0 Å². The lowest BCUT2D eigenvalue weighted by Crippen LogP contribution is -2.51. The Bertz CT molecular complexity index is 403. The molecule has 2 aliphatic rings. The summed E-state index contributed by atoms with van der Waals surface area (Å²) in [5.74, 6) is -0.802. The van der Waals surface area contributed by atoms with Crippen LogP contribution in [0.1, 0.15) is 25.7 Å². The number of carbonyl (C=O) groups excluding carboxylic acids is 2. The molecule has 0 aromatic carbocycles. The molecule has 2 aliphatic heterocycles. The van der Waals surface area contributed by atoms with Crippen LogP contribution in [0.15, 0.2) is 0 Å². The predicted octanol–water partition coefficient (Wildman–Crippen LogP) is -0.928. The second-order valence-corrected chi connectivity index (χ2v) is 6.06. The van der Waals surface area contributed by atoms with Crippen LogP contribution in [0, 0.1) is 10.8 Å². The van der Waals surface area contributed by atoms with E-state index in [4.69, 9.17) is 25.8 Å². The zero-order chi connectivity index (χ0) is 16.1. The second kappa shape index (κ2) is 7.36. The number of ether oxygens (including phenoxy) is 2. The molecule has 2 saturated heterocycles. The van der Waals surface area contributed by atoms with Gasteiger partial charge in [0, 0.05) is 39.5 Å². The SMILES string of the molecule is NCC1(C(=O)ONCC2(C(N)=O)CCOCC2)CCOCC1. The van der Waals surface area contributed by atoms with Crippen molar-refractivity contribution < 1.29 is 23.9 Å². The molecule has 0 unspecified atom stereocenters. The van der Waals surface area contributed by atoms with Gasteiger partial charge in [-0.25, -0.2) is 4.79 Å². The van der Waals surface area contributed by atoms with Crippen LogP contribution in [0.2, 0.25) is 0 Å². The van der Waals surface area contributed by atoms with Crippen molar-refractivity contribution in [2.24, 2.45) is 22.3 Å². The average molecular weight is 315 g/mol. The molecule has 0 bridgehead atoms. The van der Waals surface area contributed by atoms with Gasteiger partial charge < -0.3 is 25.8 Å². The second-order valence-electron chi connectivity index (χ2n) is 6.06. The maximum Gasteiger partial charge on any atom is 0.332 e. The van der Waals surface area contributed by atoms with Gasteiger partial charge in [0.15, 0.2) is 0 Å². The standard InChI is InChI=1S/C14H25N3O5/c15-9-13(1-5-20-6-2-13)12(19)22-17-10-14(11(16)18)3-7-21-8-4-14/h17H,1-10,15H2,(H2,16,18). The molecule has 0 aliphatic carbocycles. The smallest absolute Gasteiger partial charge is 0.332 e. The molecule has 1 amide bonds. The number of hydroxylamine groups is 1. The molecule has 0 spiro atoms. The molecular formula is C14H25N3O5. The van der Waals surface area contributed by atoms with Crippen LogP contribution in [0.4, 0.5) is 0 Å². The van der Waals surface area contributed by atoms with Crippen LogP contribution in [-0.4, -0.2) is 51.4 Å². The van der Waals surface area contributed by atoms with E-state index in [2.05, 4.69) is 5.48 Å². The number of hydrogen-bond acceptors (Lipinski definition) is 7. The highest BCUT2D eigenvalue weighted by Gasteiger charge is 2.42. The van der Waals surface area contributed by atoms with E-state index in [1.54, 1.807) is 0 Å². The van der Waals surface area contributed by atoms with Crippen molar-refractivity contribution in [1.82, 2.24) is 5.48 Å². The molecule has 22 heavy (non-hydrogen) atoms. The summed E-state index contributed by atoms with van der Waals surface area (Å²) < 4.78 is 10.5. The van der Waals surface area contributed by atoms with Gasteiger partial charge in [-0.05, 0) is 25.7 Å². The van der Waals surface area contributed by atoms with Crippen LogP contribution in [0.5, 0.6) is 0 Å². The third-order valence-electron chi connectivity index (χ3n) is 4.82. The summed E-state index contributed by atoms with van der Waals surface area (Å²) in [5.41, 5.74) is 12.4. The summed E-state index contributed by atoms with van der Waals surface area (Å²) in [5, 5.41) is 0. The molecule has 8 heteroatoms. The normalized spacial score (nSPS) is 23.7. The van der Waals surface area contributed by atoms with Gasteiger partial charge in [0.2, 0.25) is 5.91 Å². The van der Waals surface area contributed by atoms with Gasteiger partial charge in [0.05, 0.1) is 10.8 Å². The molecule has 0 aromatic rings. The predicted molar refractivity (Wildman–Crippen MR) is 77.3 cm³/mol. The minimum Gasteiger partial charge on any atom is -0.381 e. The Morgan fingerprint density at radius 1 is 1.00 bits per heavy atom. The van der Waals surface area contributed by atoms with Crippen molar-refractivity contribution in [3.63, 3.8) is 0 Å². The third kappa shape index (κ3) is 3.57. The van der Waals surface area contributed by atoms with Crippen molar-refractivity contribution >= 4 is 11.9 Å². The molecule has 0 aromatic heterocycles. The molecule has 5 N–H and O–H groups in total. The fourth-order valence-electron chi connectivity index (χ4n) is 2.87. The number of amides is 1. The first-order valence-electron chi connectivity index (χ1n) is 7.64. The Morgan fingerprint density at radius 3 is 1.95 bits per heavy atom. The van der Waals surface area contributed by atoms with E-state index in [1.165, 1.54) is 0 Å². The number of nitrogens with two attached hydrogens (primary N) is 2. The highest BCUT2D eigenvalue weighted by molar-refractivity contribution is 5.81. The maximum absolute atomic E-state index is 12.3. The fourth-order valence-corrected chi connectivity index (χ4v) is 2.87. The minimum atomic E-state index is -0.732. The third-order valence-corrected chi connectivity index (χ3v) is 4.82. The number of carbonyl (C=O) groups is 2. The average Bonchev–Trinajstić information content (AvgIpc) is 2.56. The van der Waals surface area contributed by atoms with Crippen molar-refractivity contribution in [3.8, 4) is 0 Å². The first-order valence-corrected chi connectivity index (χ1v) is 7.64. The molecule has 0 radical (unpaired) electrons. The van der Waals surface area contributed by atoms with Gasteiger partial charge >= 0.3 is 5.97 Å². The monoisotopic (exact) mass is 315 g/mol. The first kappa shape index (κ1) is 17.1. The molecule has 2 fully saturated rings. The quantitative estimate of drug-likeness (QED) is 0.541. The lowest BCUT2D eigenvalue weighted by Gasteiger charge is -2.35. The van der Waals surface area contributed by atoms with E-state index in [0.717, 1.165) is 0 Å². The van der Waals surface area contributed by atoms with Crippen molar-refractivity contribution in [3.05, 3.63) is 0 Å². The van der Waals surface area contributed by atoms with Crippen LogP contribution in [0.25, 0.3) is 0 Å². The zero-order valence-electron chi connectivity index (χ0n) is 12.8. The highest BCUT2D eigenvalue weighted by Crippen LogP contribution is 2.32. The molecule has 2 heterocycles. The van der Waals surface area contributed by atoms with Gasteiger partial charge in [-0.2, -0.15) is 5.48 Å². The van der Waals surface area contributed by atoms with Gasteiger partial charge in [0.1, 0.15) is 0 Å². The maximum atomic E-state index is 12.3. The molecular weight excluding hydrogens is 290 g/mol. The Hall–Kier alpha value is -1.22. The number of rotatable bonds is 6. The Kier molecular flexibility index (Phi) is 5.74. The van der Waals surface area contributed by atoms with E-state index < -0.39 is 22.7 Å². The molecule has 2 rings (SSSR count). The van der Waals surface area contributed by atoms with Crippen LogP contribution in [0.3, 0.4) is 0 Å². The van der Waals surface area contributed by atoms with Crippen molar-refractivity contribution in [2.75, 3.05) is 39.5 Å². The number of nitrogens with one attached hydrogen (secondary N) is 1. The van der Waals surface area contributed by atoms with Gasteiger partial charge in [-0.1, -0.05) is 0 Å². The summed E-state index contributed by atoms with van der Waals surface area (Å²) in [6.07, 6.45) is 2.11. The van der Waals surface area contributed by atoms with Gasteiger partial charge in [-0.15, -0.1) is 0 Å². The molecule has 126 valence electrons. The lowest BCUT2D eigenvalue weighted by molar-refractivity contribution is -0.171. The summed E-state index contributed by atoms with van der Waals surface area (Å²) in [6.45, 7) is 2.34. The van der Waals surface area contributed by atoms with E-state index in [1.807, 2.05) is 0 Å². The molecule has 0 atom stereocenters. The molecule has 8 nitrogen and oxygen atoms in total. The molecule has 0 saturated carbocycles. The summed E-state index contributed by atoms with van der Waals surface area (Å²) in [7, 11) is 0. The van der Waals surface area contributed by atoms with E-state index in [0.29, 0.717) is 52.1 Å². The van der Waals surface area contributed by atoms with E-state index in [-0.39, 0.29) is 13.1 Å². The van der Waals surface area contributed by atoms with Gasteiger partial charge in [-0.3, -0.25) is 4.79 Å².